The molecule has 0 radical (unpaired) electrons. The lowest BCUT2D eigenvalue weighted by Gasteiger charge is -2.27. The van der Waals surface area contributed by atoms with Gasteiger partial charge in [-0.05, 0) is 31.7 Å². The first-order valence-corrected chi connectivity index (χ1v) is 4.97. The molecule has 1 atom stereocenters. The van der Waals surface area contributed by atoms with Crippen molar-refractivity contribution in [1.29, 1.82) is 0 Å². The second-order valence-corrected chi connectivity index (χ2v) is 4.17. The summed E-state index contributed by atoms with van der Waals surface area (Å²) in [5.74, 6) is 0. The fourth-order valence-corrected chi connectivity index (χ4v) is 1.55. The predicted octanol–water partition coefficient (Wildman–Crippen LogP) is 1.88. The number of likely N-dealkylation sites (N-methyl/N-ethyl adjacent to an activating group) is 1. The zero-order valence-corrected chi connectivity index (χ0v) is 9.43. The topological polar surface area (TPSA) is 32.3 Å². The van der Waals surface area contributed by atoms with Crippen molar-refractivity contribution in [2.45, 2.75) is 12.5 Å². The molecule has 1 unspecified atom stereocenters. The minimum absolute atomic E-state index is 0.0833. The van der Waals surface area contributed by atoms with Crippen LogP contribution in [0.15, 0.2) is 28.7 Å². The number of aliphatic hydroxyl groups is 1. The first-order valence-electron chi connectivity index (χ1n) is 4.18. The predicted molar refractivity (Wildman–Crippen MR) is 57.6 cm³/mol. The van der Waals surface area contributed by atoms with E-state index in [0.29, 0.717) is 0 Å². The van der Waals surface area contributed by atoms with E-state index in [1.165, 1.54) is 0 Å². The van der Waals surface area contributed by atoms with Gasteiger partial charge in [-0.1, -0.05) is 28.1 Å². The van der Waals surface area contributed by atoms with Gasteiger partial charge in [0.15, 0.2) is 0 Å². The Labute approximate surface area is 87.1 Å². The normalized spacial score (nSPS) is 15.4. The number of nitrogens with one attached hydrogen (secondary N) is 1. The van der Waals surface area contributed by atoms with Gasteiger partial charge >= 0.3 is 0 Å². The molecule has 0 amide bonds. The molecule has 0 saturated heterocycles. The summed E-state index contributed by atoms with van der Waals surface area (Å²) in [7, 11) is 1.84. The molecule has 0 aliphatic heterocycles. The van der Waals surface area contributed by atoms with E-state index in [4.69, 9.17) is 0 Å². The molecule has 0 spiro atoms. The highest BCUT2D eigenvalue weighted by Gasteiger charge is 2.22. The molecule has 1 aromatic rings. The summed E-state index contributed by atoms with van der Waals surface area (Å²) in [4.78, 5) is 0. The highest BCUT2D eigenvalue weighted by molar-refractivity contribution is 9.10. The van der Waals surface area contributed by atoms with Gasteiger partial charge in [-0.15, -0.1) is 0 Å². The van der Waals surface area contributed by atoms with E-state index >= 15 is 0 Å². The Balaban J connectivity index is 3.05. The highest BCUT2D eigenvalue weighted by atomic mass is 79.9. The molecule has 1 aromatic carbocycles. The van der Waals surface area contributed by atoms with Crippen molar-refractivity contribution in [3.63, 3.8) is 0 Å². The standard InChI is InChI=1S/C10H14BrNO/c1-10(7-13,12-2)8-4-3-5-9(11)6-8/h3-6,12-13H,7H2,1-2H3. The zero-order chi connectivity index (χ0) is 9.90. The Hall–Kier alpha value is -0.380. The second kappa shape index (κ2) is 4.22. The largest absolute Gasteiger partial charge is 0.394 e. The Bertz CT molecular complexity index is 284. The van der Waals surface area contributed by atoms with Crippen molar-refractivity contribution in [3.8, 4) is 0 Å². The molecule has 13 heavy (non-hydrogen) atoms. The van der Waals surface area contributed by atoms with Gasteiger partial charge in [-0.2, -0.15) is 0 Å². The third kappa shape index (κ3) is 2.30. The van der Waals surface area contributed by atoms with Crippen LogP contribution in [-0.4, -0.2) is 18.8 Å². The third-order valence-corrected chi connectivity index (χ3v) is 2.82. The van der Waals surface area contributed by atoms with Crippen LogP contribution in [0.4, 0.5) is 0 Å². The van der Waals surface area contributed by atoms with Crippen molar-refractivity contribution in [1.82, 2.24) is 5.32 Å². The van der Waals surface area contributed by atoms with E-state index in [1.54, 1.807) is 0 Å². The number of rotatable bonds is 3. The smallest absolute Gasteiger partial charge is 0.0652 e. The van der Waals surface area contributed by atoms with Gasteiger partial charge in [-0.3, -0.25) is 0 Å². The first kappa shape index (κ1) is 10.7. The molecule has 0 aromatic heterocycles. The molecule has 72 valence electrons. The Morgan fingerprint density at radius 3 is 2.69 bits per heavy atom. The Morgan fingerprint density at radius 1 is 1.54 bits per heavy atom. The minimum atomic E-state index is -0.357. The molecule has 2 N–H and O–H groups in total. The van der Waals surface area contributed by atoms with Gasteiger partial charge in [0.2, 0.25) is 0 Å². The monoisotopic (exact) mass is 243 g/mol. The molecule has 1 rings (SSSR count). The highest BCUT2D eigenvalue weighted by Crippen LogP contribution is 2.22. The van der Waals surface area contributed by atoms with Crippen molar-refractivity contribution < 1.29 is 5.11 Å². The lowest BCUT2D eigenvalue weighted by atomic mass is 9.93. The molecule has 0 aliphatic carbocycles. The molecule has 0 aliphatic rings. The van der Waals surface area contributed by atoms with Crippen LogP contribution in [-0.2, 0) is 5.54 Å². The number of hydrogen-bond acceptors (Lipinski definition) is 2. The summed E-state index contributed by atoms with van der Waals surface area (Å²) >= 11 is 3.40. The van der Waals surface area contributed by atoms with Gasteiger partial charge in [0.25, 0.3) is 0 Å². The fraction of sp³-hybridized carbons (Fsp3) is 0.400. The molecule has 3 heteroatoms. The van der Waals surface area contributed by atoms with E-state index in [-0.39, 0.29) is 12.1 Å². The maximum absolute atomic E-state index is 9.25. The van der Waals surface area contributed by atoms with Crippen molar-refractivity contribution in [2.75, 3.05) is 13.7 Å². The fourth-order valence-electron chi connectivity index (χ4n) is 1.15. The van der Waals surface area contributed by atoms with Gasteiger partial charge < -0.3 is 10.4 Å². The van der Waals surface area contributed by atoms with Crippen molar-refractivity contribution >= 4 is 15.9 Å². The molecule has 0 fully saturated rings. The molecular formula is C10H14BrNO. The molecule has 0 bridgehead atoms. The van der Waals surface area contributed by atoms with E-state index in [1.807, 2.05) is 38.2 Å². The molecule has 2 nitrogen and oxygen atoms in total. The van der Waals surface area contributed by atoms with E-state index < -0.39 is 0 Å². The van der Waals surface area contributed by atoms with Gasteiger partial charge in [0.05, 0.1) is 12.1 Å². The maximum atomic E-state index is 9.25. The van der Waals surface area contributed by atoms with Crippen LogP contribution >= 0.6 is 15.9 Å². The van der Waals surface area contributed by atoms with Crippen LogP contribution in [0, 0.1) is 0 Å². The number of benzene rings is 1. The SMILES string of the molecule is CNC(C)(CO)c1cccc(Br)c1. The van der Waals surface area contributed by atoms with E-state index in [0.717, 1.165) is 10.0 Å². The lowest BCUT2D eigenvalue weighted by Crippen LogP contribution is -2.40. The second-order valence-electron chi connectivity index (χ2n) is 3.25. The maximum Gasteiger partial charge on any atom is 0.0652 e. The van der Waals surface area contributed by atoms with Gasteiger partial charge in [0.1, 0.15) is 0 Å². The summed E-state index contributed by atoms with van der Waals surface area (Å²) in [6.07, 6.45) is 0. The number of hydrogen-bond donors (Lipinski definition) is 2. The van der Waals surface area contributed by atoms with Crippen LogP contribution in [0.1, 0.15) is 12.5 Å². The average Bonchev–Trinajstić information content (AvgIpc) is 2.17. The van der Waals surface area contributed by atoms with Crippen LogP contribution < -0.4 is 5.32 Å². The average molecular weight is 244 g/mol. The van der Waals surface area contributed by atoms with Crippen LogP contribution in [0.5, 0.6) is 0 Å². The number of aliphatic hydroxyl groups excluding tert-OH is 1. The molecule has 0 heterocycles. The Morgan fingerprint density at radius 2 is 2.23 bits per heavy atom. The summed E-state index contributed by atoms with van der Waals surface area (Å²) in [6.45, 7) is 2.05. The summed E-state index contributed by atoms with van der Waals surface area (Å²) in [6, 6.07) is 7.94. The number of halogens is 1. The van der Waals surface area contributed by atoms with E-state index in [2.05, 4.69) is 21.2 Å². The lowest BCUT2D eigenvalue weighted by molar-refractivity contribution is 0.183. The zero-order valence-electron chi connectivity index (χ0n) is 7.84. The molecular weight excluding hydrogens is 230 g/mol. The summed E-state index contributed by atoms with van der Waals surface area (Å²) < 4.78 is 1.03. The van der Waals surface area contributed by atoms with Crippen molar-refractivity contribution in [2.24, 2.45) is 0 Å². The van der Waals surface area contributed by atoms with Gasteiger partial charge in [-0.25, -0.2) is 0 Å². The Kier molecular flexibility index (Phi) is 3.47. The quantitative estimate of drug-likeness (QED) is 0.850. The van der Waals surface area contributed by atoms with Crippen LogP contribution in [0.3, 0.4) is 0 Å². The molecule has 0 saturated carbocycles. The minimum Gasteiger partial charge on any atom is -0.394 e. The van der Waals surface area contributed by atoms with E-state index in [9.17, 15) is 5.11 Å². The van der Waals surface area contributed by atoms with Gasteiger partial charge in [0, 0.05) is 4.47 Å². The third-order valence-electron chi connectivity index (χ3n) is 2.33. The van der Waals surface area contributed by atoms with Crippen molar-refractivity contribution in [3.05, 3.63) is 34.3 Å². The first-order chi connectivity index (χ1) is 6.12. The summed E-state index contributed by atoms with van der Waals surface area (Å²) in [5.41, 5.74) is 0.718. The summed E-state index contributed by atoms with van der Waals surface area (Å²) in [5, 5.41) is 12.4. The van der Waals surface area contributed by atoms with Crippen LogP contribution in [0.25, 0.3) is 0 Å². The van der Waals surface area contributed by atoms with Crippen LogP contribution in [0.2, 0.25) is 0 Å².